The van der Waals surface area contributed by atoms with Crippen LogP contribution in [0.4, 0.5) is 5.69 Å². The number of hydrogen-bond acceptors (Lipinski definition) is 8. The number of para-hydroxylation sites is 1. The fourth-order valence-electron chi connectivity index (χ4n) is 4.08. The molecule has 1 aliphatic heterocycles. The number of carbonyl (C=O) groups excluding carboxylic acids is 1. The van der Waals surface area contributed by atoms with Gasteiger partial charge in [0.25, 0.3) is 5.91 Å². The zero-order chi connectivity index (χ0) is 25.2. The van der Waals surface area contributed by atoms with Gasteiger partial charge in [-0.2, -0.15) is 4.98 Å². The van der Waals surface area contributed by atoms with E-state index in [0.29, 0.717) is 44.7 Å². The largest absolute Gasteiger partial charge is 0.493 e. The van der Waals surface area contributed by atoms with Crippen LogP contribution in [0.15, 0.2) is 76.4 Å². The Bertz CT molecular complexity index is 1440. The Morgan fingerprint density at radius 2 is 1.78 bits per heavy atom. The van der Waals surface area contributed by atoms with Crippen molar-refractivity contribution in [3.05, 3.63) is 82.3 Å². The highest BCUT2D eigenvalue weighted by molar-refractivity contribution is 9.10. The van der Waals surface area contributed by atoms with Gasteiger partial charge in [0.2, 0.25) is 17.3 Å². The van der Waals surface area contributed by atoms with Crippen LogP contribution in [-0.4, -0.2) is 41.6 Å². The lowest BCUT2D eigenvalue weighted by atomic mass is 10.1. The van der Waals surface area contributed by atoms with E-state index in [9.17, 15) is 4.79 Å². The summed E-state index contributed by atoms with van der Waals surface area (Å²) in [6, 6.07) is 20.1. The monoisotopic (exact) mass is 564 g/mol. The third kappa shape index (κ3) is 4.27. The number of aromatic nitrogens is 3. The van der Waals surface area contributed by atoms with Gasteiger partial charge >= 0.3 is 0 Å². The Morgan fingerprint density at radius 1 is 1.03 bits per heavy atom. The molecular weight excluding hydrogens is 544 g/mol. The molecular formula is C26H21BrN4O4S. The number of fused-ring (bicyclic) bond motifs is 3. The summed E-state index contributed by atoms with van der Waals surface area (Å²) >= 11 is 4.91. The van der Waals surface area contributed by atoms with Crippen molar-refractivity contribution >= 4 is 39.3 Å². The van der Waals surface area contributed by atoms with Gasteiger partial charge < -0.3 is 14.2 Å². The number of carbonyl (C=O) groups is 1. The molecule has 1 aliphatic rings. The number of anilines is 1. The normalized spacial score (nSPS) is 14.2. The number of halogens is 1. The maximum absolute atomic E-state index is 14.1. The minimum atomic E-state index is -0.965. The van der Waals surface area contributed by atoms with E-state index in [-0.39, 0.29) is 11.8 Å². The molecule has 0 N–H and O–H groups in total. The molecule has 2 heterocycles. The molecule has 0 fully saturated rings. The van der Waals surface area contributed by atoms with Crippen LogP contribution in [0.5, 0.6) is 17.4 Å². The third-order valence-corrected chi connectivity index (χ3v) is 6.67. The van der Waals surface area contributed by atoms with Crippen molar-refractivity contribution in [3.8, 4) is 28.6 Å². The number of nitrogens with zero attached hydrogens (tertiary/aromatic N) is 4. The molecule has 0 saturated heterocycles. The van der Waals surface area contributed by atoms with Crippen molar-refractivity contribution < 1.29 is 19.0 Å². The highest BCUT2D eigenvalue weighted by atomic mass is 79.9. The van der Waals surface area contributed by atoms with Crippen LogP contribution < -0.4 is 19.1 Å². The van der Waals surface area contributed by atoms with Crippen LogP contribution in [0.3, 0.4) is 0 Å². The molecule has 8 nitrogen and oxygen atoms in total. The average Bonchev–Trinajstić information content (AvgIpc) is 3.06. The molecule has 1 amide bonds. The van der Waals surface area contributed by atoms with E-state index < -0.39 is 6.23 Å². The van der Waals surface area contributed by atoms with Crippen LogP contribution >= 0.6 is 27.7 Å². The zero-order valence-corrected chi connectivity index (χ0v) is 22.0. The Labute approximate surface area is 220 Å². The molecule has 10 heteroatoms. The predicted octanol–water partition coefficient (Wildman–Crippen LogP) is 5.78. The van der Waals surface area contributed by atoms with Crippen LogP contribution in [0, 0.1) is 0 Å². The van der Waals surface area contributed by atoms with Crippen molar-refractivity contribution in [1.29, 1.82) is 0 Å². The molecule has 1 aromatic heterocycles. The molecule has 0 aliphatic carbocycles. The maximum atomic E-state index is 14.1. The second-order valence-electron chi connectivity index (χ2n) is 7.71. The standard InChI is InChI=1S/C26H21BrN4O4S/c1-33-20-14-16(27)13-18(22(20)34-2)25-31(24(32)15-9-5-4-6-10-15)19-12-8-7-11-17(19)21-23(35-25)28-26(36-3)30-29-21/h4-14,25H,1-3H3/t25-/m1/s1. The van der Waals surface area contributed by atoms with Gasteiger partial charge in [-0.3, -0.25) is 9.69 Å². The molecule has 0 radical (unpaired) electrons. The van der Waals surface area contributed by atoms with Gasteiger partial charge in [0, 0.05) is 15.6 Å². The topological polar surface area (TPSA) is 86.7 Å². The minimum absolute atomic E-state index is 0.260. The van der Waals surface area contributed by atoms with E-state index in [4.69, 9.17) is 14.2 Å². The number of ether oxygens (including phenoxy) is 3. The summed E-state index contributed by atoms with van der Waals surface area (Å²) in [6.45, 7) is 0. The van der Waals surface area contributed by atoms with Gasteiger partial charge in [0.15, 0.2) is 17.2 Å². The second-order valence-corrected chi connectivity index (χ2v) is 9.40. The van der Waals surface area contributed by atoms with Crippen LogP contribution in [0.1, 0.15) is 22.1 Å². The lowest BCUT2D eigenvalue weighted by Crippen LogP contribution is -2.38. The highest BCUT2D eigenvalue weighted by Crippen LogP contribution is 2.47. The fourth-order valence-corrected chi connectivity index (χ4v) is 4.84. The molecule has 0 bridgehead atoms. The van der Waals surface area contributed by atoms with E-state index in [1.807, 2.05) is 54.8 Å². The Morgan fingerprint density at radius 3 is 2.50 bits per heavy atom. The average molecular weight is 565 g/mol. The summed E-state index contributed by atoms with van der Waals surface area (Å²) < 4.78 is 18.6. The quantitative estimate of drug-likeness (QED) is 0.282. The predicted molar refractivity (Wildman–Crippen MR) is 141 cm³/mol. The summed E-state index contributed by atoms with van der Waals surface area (Å²) in [4.78, 5) is 20.3. The van der Waals surface area contributed by atoms with E-state index in [1.165, 1.54) is 11.8 Å². The van der Waals surface area contributed by atoms with E-state index in [0.717, 1.165) is 4.47 Å². The zero-order valence-electron chi connectivity index (χ0n) is 19.6. The summed E-state index contributed by atoms with van der Waals surface area (Å²) in [5, 5.41) is 9.09. The maximum Gasteiger partial charge on any atom is 0.261 e. The molecule has 1 atom stereocenters. The van der Waals surface area contributed by atoms with Gasteiger partial charge in [-0.1, -0.05) is 64.1 Å². The van der Waals surface area contributed by atoms with Crippen molar-refractivity contribution in [3.63, 3.8) is 0 Å². The van der Waals surface area contributed by atoms with Gasteiger partial charge in [-0.05, 0) is 36.6 Å². The van der Waals surface area contributed by atoms with Crippen LogP contribution in [0.2, 0.25) is 0 Å². The summed E-state index contributed by atoms with van der Waals surface area (Å²) in [6.07, 6.45) is 0.895. The summed E-state index contributed by atoms with van der Waals surface area (Å²) in [5.74, 6) is 0.918. The Kier molecular flexibility index (Phi) is 6.80. The van der Waals surface area contributed by atoms with Crippen molar-refractivity contribution in [1.82, 2.24) is 15.2 Å². The summed E-state index contributed by atoms with van der Waals surface area (Å²) in [7, 11) is 3.11. The SMILES string of the molecule is COc1cc(Br)cc([C@H]2Oc3nc(SC)nnc3-c3ccccc3N2C(=O)c2ccccc2)c1OC. The molecule has 182 valence electrons. The van der Waals surface area contributed by atoms with Crippen molar-refractivity contribution in [2.75, 3.05) is 25.4 Å². The minimum Gasteiger partial charge on any atom is -0.493 e. The fraction of sp³-hybridized carbons (Fsp3) is 0.154. The Hall–Kier alpha value is -3.63. The number of thioether (sulfide) groups is 1. The van der Waals surface area contributed by atoms with Crippen molar-refractivity contribution in [2.45, 2.75) is 11.4 Å². The first-order valence-electron chi connectivity index (χ1n) is 10.9. The van der Waals surface area contributed by atoms with Crippen molar-refractivity contribution in [2.24, 2.45) is 0 Å². The molecule has 0 saturated carbocycles. The van der Waals surface area contributed by atoms with E-state index >= 15 is 0 Å². The lowest BCUT2D eigenvalue weighted by Gasteiger charge is -2.32. The number of methoxy groups -OCH3 is 2. The smallest absolute Gasteiger partial charge is 0.261 e. The van der Waals surface area contributed by atoms with Crippen LogP contribution in [0.25, 0.3) is 11.3 Å². The molecule has 0 spiro atoms. The molecule has 0 unspecified atom stereocenters. The second kappa shape index (κ2) is 10.2. The number of amides is 1. The number of hydrogen-bond donors (Lipinski definition) is 0. The number of rotatable bonds is 5. The van der Waals surface area contributed by atoms with Gasteiger partial charge in [-0.25, -0.2) is 0 Å². The first kappa shape index (κ1) is 24.1. The van der Waals surface area contributed by atoms with E-state index in [1.54, 1.807) is 37.3 Å². The highest BCUT2D eigenvalue weighted by Gasteiger charge is 2.38. The molecule has 4 aromatic rings. The first-order valence-corrected chi connectivity index (χ1v) is 12.9. The molecule has 5 rings (SSSR count). The lowest BCUT2D eigenvalue weighted by molar-refractivity contribution is 0.0907. The Balaban J connectivity index is 1.82. The summed E-state index contributed by atoms with van der Waals surface area (Å²) in [5.41, 5.74) is 2.78. The number of benzene rings is 3. The molecule has 3 aromatic carbocycles. The third-order valence-electron chi connectivity index (χ3n) is 5.67. The van der Waals surface area contributed by atoms with Gasteiger partial charge in [-0.15, -0.1) is 10.2 Å². The molecule has 36 heavy (non-hydrogen) atoms. The first-order chi connectivity index (χ1) is 17.5. The van der Waals surface area contributed by atoms with Crippen LogP contribution in [-0.2, 0) is 0 Å². The van der Waals surface area contributed by atoms with Gasteiger partial charge in [0.1, 0.15) is 0 Å². The van der Waals surface area contributed by atoms with Gasteiger partial charge in [0.05, 0.1) is 25.5 Å². The van der Waals surface area contributed by atoms with E-state index in [2.05, 4.69) is 31.1 Å².